The van der Waals surface area contributed by atoms with E-state index in [1.54, 1.807) is 5.48 Å². The number of hydroxylamine groups is 1. The number of hydrogen-bond donors (Lipinski definition) is 3. The van der Waals surface area contributed by atoms with E-state index < -0.39 is 12.0 Å². The highest BCUT2D eigenvalue weighted by Crippen LogP contribution is 1.74. The summed E-state index contributed by atoms with van der Waals surface area (Å²) in [6.45, 7) is 1.34. The molecule has 7 heavy (non-hydrogen) atoms. The molecule has 0 saturated heterocycles. The monoisotopic (exact) mass is 105 g/mol. The lowest BCUT2D eigenvalue weighted by Gasteiger charge is -1.98. The lowest BCUT2D eigenvalue weighted by atomic mass is 10.4. The lowest BCUT2D eigenvalue weighted by molar-refractivity contribution is -0.141. The van der Waals surface area contributed by atoms with Crippen LogP contribution in [0.1, 0.15) is 6.92 Å². The van der Waals surface area contributed by atoms with Crippen molar-refractivity contribution in [2.24, 2.45) is 0 Å². The van der Waals surface area contributed by atoms with Gasteiger partial charge in [0, 0.05) is 0 Å². The number of carboxylic acid groups (broad SMARTS) is 1. The van der Waals surface area contributed by atoms with Gasteiger partial charge in [-0.1, -0.05) is 0 Å². The van der Waals surface area contributed by atoms with Crippen molar-refractivity contribution < 1.29 is 15.1 Å². The first-order valence-electron chi connectivity index (χ1n) is 1.81. The topological polar surface area (TPSA) is 69.6 Å². The van der Waals surface area contributed by atoms with Crippen LogP contribution in [0.3, 0.4) is 0 Å². The van der Waals surface area contributed by atoms with E-state index in [2.05, 4.69) is 0 Å². The van der Waals surface area contributed by atoms with E-state index in [9.17, 15) is 4.79 Å². The average molecular weight is 105 g/mol. The Morgan fingerprint density at radius 2 is 2.29 bits per heavy atom. The van der Waals surface area contributed by atoms with E-state index in [1.807, 2.05) is 0 Å². The predicted octanol–water partition coefficient (Wildman–Crippen LogP) is -0.562. The van der Waals surface area contributed by atoms with Gasteiger partial charge in [-0.3, -0.25) is 4.79 Å². The van der Waals surface area contributed by atoms with Crippen LogP contribution in [0, 0.1) is 0 Å². The molecule has 0 aromatic rings. The van der Waals surface area contributed by atoms with Gasteiger partial charge >= 0.3 is 5.97 Å². The Bertz CT molecular complexity index is 72.6. The van der Waals surface area contributed by atoms with E-state index in [-0.39, 0.29) is 0 Å². The molecule has 0 heterocycles. The minimum atomic E-state index is -1.07. The first kappa shape index (κ1) is 6.39. The third-order valence-corrected chi connectivity index (χ3v) is 0.564. The molecular weight excluding hydrogens is 98.0 g/mol. The van der Waals surface area contributed by atoms with Crippen molar-refractivity contribution in [1.29, 1.82) is 0 Å². The second kappa shape index (κ2) is 2.54. The molecule has 4 heteroatoms. The maximum absolute atomic E-state index is 9.71. The Morgan fingerprint density at radius 1 is 1.86 bits per heavy atom. The zero-order valence-electron chi connectivity index (χ0n) is 3.88. The molecule has 3 N–H and O–H groups in total. The Morgan fingerprint density at radius 3 is 2.29 bits per heavy atom. The highest BCUT2D eigenvalue weighted by molar-refractivity contribution is 5.72. The number of aliphatic carboxylic acids is 1. The van der Waals surface area contributed by atoms with Gasteiger partial charge in [-0.25, -0.2) is 0 Å². The first-order valence-corrected chi connectivity index (χ1v) is 1.81. The van der Waals surface area contributed by atoms with E-state index in [0.717, 1.165) is 0 Å². The van der Waals surface area contributed by atoms with E-state index in [1.165, 1.54) is 6.92 Å². The molecule has 0 fully saturated rings. The van der Waals surface area contributed by atoms with Crippen LogP contribution >= 0.6 is 0 Å². The molecule has 0 aliphatic heterocycles. The number of hydrogen-bond acceptors (Lipinski definition) is 3. The number of nitrogens with one attached hydrogen (secondary N) is 1. The van der Waals surface area contributed by atoms with Gasteiger partial charge in [0.2, 0.25) is 0 Å². The normalized spacial score (nSPS) is 13.4. The Labute approximate surface area is 40.7 Å². The van der Waals surface area contributed by atoms with Crippen LogP contribution in [-0.2, 0) is 4.79 Å². The minimum Gasteiger partial charge on any atom is -0.480 e. The van der Waals surface area contributed by atoms with Crippen molar-refractivity contribution in [2.45, 2.75) is 13.0 Å². The summed E-state index contributed by atoms with van der Waals surface area (Å²) in [5.74, 6) is -1.07. The molecule has 0 aliphatic rings. The van der Waals surface area contributed by atoms with Crippen molar-refractivity contribution in [3.8, 4) is 0 Å². The fourth-order valence-corrected chi connectivity index (χ4v) is 0.0552. The summed E-state index contributed by atoms with van der Waals surface area (Å²) in [4.78, 5) is 9.71. The Kier molecular flexibility index (Phi) is 2.32. The van der Waals surface area contributed by atoms with E-state index in [4.69, 9.17) is 10.3 Å². The van der Waals surface area contributed by atoms with Crippen molar-refractivity contribution >= 4 is 5.97 Å². The second-order valence-corrected chi connectivity index (χ2v) is 1.19. The third-order valence-electron chi connectivity index (χ3n) is 0.564. The molecule has 0 radical (unpaired) electrons. The largest absolute Gasteiger partial charge is 0.480 e. The van der Waals surface area contributed by atoms with Gasteiger partial charge in [0.25, 0.3) is 0 Å². The van der Waals surface area contributed by atoms with Gasteiger partial charge < -0.3 is 10.3 Å². The smallest absolute Gasteiger partial charge is 0.322 e. The summed E-state index contributed by atoms with van der Waals surface area (Å²) in [7, 11) is 0. The summed E-state index contributed by atoms with van der Waals surface area (Å²) in [5.41, 5.74) is 1.56. The van der Waals surface area contributed by atoms with Crippen LogP contribution < -0.4 is 5.48 Å². The molecule has 1 atom stereocenters. The maximum atomic E-state index is 9.71. The maximum Gasteiger partial charge on any atom is 0.322 e. The van der Waals surface area contributed by atoms with Gasteiger partial charge in [-0.2, -0.15) is 5.48 Å². The zero-order valence-corrected chi connectivity index (χ0v) is 3.88. The molecule has 0 saturated carbocycles. The van der Waals surface area contributed by atoms with Gasteiger partial charge in [-0.15, -0.1) is 0 Å². The fourth-order valence-electron chi connectivity index (χ4n) is 0.0552. The van der Waals surface area contributed by atoms with Crippen molar-refractivity contribution in [3.63, 3.8) is 0 Å². The molecule has 0 spiro atoms. The molecular formula is C3H7NO3. The van der Waals surface area contributed by atoms with Gasteiger partial charge in [0.15, 0.2) is 0 Å². The van der Waals surface area contributed by atoms with Gasteiger partial charge in [0.05, 0.1) is 0 Å². The van der Waals surface area contributed by atoms with Crippen LogP contribution in [-0.4, -0.2) is 22.3 Å². The molecule has 0 aromatic carbocycles. The average Bonchev–Trinajstić information content (AvgIpc) is 1.65. The fraction of sp³-hybridized carbons (Fsp3) is 0.667. The number of rotatable bonds is 2. The van der Waals surface area contributed by atoms with Crippen molar-refractivity contribution in [2.75, 3.05) is 0 Å². The van der Waals surface area contributed by atoms with Crippen LogP contribution in [0.2, 0.25) is 0 Å². The number of carboxylic acids is 1. The summed E-state index contributed by atoms with van der Waals surface area (Å²) in [5, 5.41) is 15.8. The second-order valence-electron chi connectivity index (χ2n) is 1.19. The van der Waals surface area contributed by atoms with Crippen molar-refractivity contribution in [1.82, 2.24) is 5.48 Å². The standard InChI is InChI=1S/C3H7NO3/c1-2(4-7)3(5)6/h2,4,7H,1H3,(H,5,6). The highest BCUT2D eigenvalue weighted by Gasteiger charge is 2.05. The third kappa shape index (κ3) is 2.13. The highest BCUT2D eigenvalue weighted by atomic mass is 16.5. The number of carbonyl (C=O) groups is 1. The van der Waals surface area contributed by atoms with Crippen LogP contribution in [0.5, 0.6) is 0 Å². The molecule has 0 bridgehead atoms. The molecule has 0 aliphatic carbocycles. The minimum absolute atomic E-state index is 0.875. The zero-order chi connectivity index (χ0) is 5.86. The van der Waals surface area contributed by atoms with E-state index in [0.29, 0.717) is 0 Å². The van der Waals surface area contributed by atoms with Crippen molar-refractivity contribution in [3.05, 3.63) is 0 Å². The lowest BCUT2D eigenvalue weighted by Crippen LogP contribution is -2.30. The molecule has 4 nitrogen and oxygen atoms in total. The summed E-state index contributed by atoms with van der Waals surface area (Å²) < 4.78 is 0. The molecule has 1 unspecified atom stereocenters. The summed E-state index contributed by atoms with van der Waals surface area (Å²) in [6.07, 6.45) is 0. The Balaban J connectivity index is 3.34. The summed E-state index contributed by atoms with van der Waals surface area (Å²) >= 11 is 0. The molecule has 0 rings (SSSR count). The quantitative estimate of drug-likeness (QED) is 0.411. The van der Waals surface area contributed by atoms with Crippen LogP contribution in [0.4, 0.5) is 0 Å². The molecule has 42 valence electrons. The van der Waals surface area contributed by atoms with E-state index >= 15 is 0 Å². The van der Waals surface area contributed by atoms with Gasteiger partial charge in [-0.05, 0) is 6.92 Å². The molecule has 0 aromatic heterocycles. The Hall–Kier alpha value is -0.610. The van der Waals surface area contributed by atoms with Crippen LogP contribution in [0.25, 0.3) is 0 Å². The predicted molar refractivity (Wildman–Crippen MR) is 22.0 cm³/mol. The van der Waals surface area contributed by atoms with Crippen LogP contribution in [0.15, 0.2) is 0 Å². The summed E-state index contributed by atoms with van der Waals surface area (Å²) in [6, 6.07) is -0.875. The SMILES string of the molecule is CC(NO)C(=O)O. The molecule has 0 amide bonds. The van der Waals surface area contributed by atoms with Gasteiger partial charge in [0.1, 0.15) is 6.04 Å². The first-order chi connectivity index (χ1) is 3.18.